The predicted molar refractivity (Wildman–Crippen MR) is 73.8 cm³/mol. The van der Waals surface area contributed by atoms with Crippen LogP contribution in [-0.4, -0.2) is 53.8 Å². The number of fused-ring (bicyclic) bond motifs is 1. The van der Waals surface area contributed by atoms with Crippen molar-refractivity contribution in [2.24, 2.45) is 0 Å². The summed E-state index contributed by atoms with van der Waals surface area (Å²) < 4.78 is 51.7. The number of nitro benzene ring substituents is 1. The lowest BCUT2D eigenvalue weighted by Gasteiger charge is -2.47. The van der Waals surface area contributed by atoms with E-state index >= 15 is 0 Å². The largest absolute Gasteiger partial charge is 0.462 e. The lowest BCUT2D eigenvalue weighted by molar-refractivity contribution is -0.385. The lowest BCUT2D eigenvalue weighted by atomic mass is 9.93. The monoisotopic (exact) mass is 346 g/mol. The fraction of sp³-hybridized carbons (Fsp3) is 0.500. The predicted octanol–water partition coefficient (Wildman–Crippen LogP) is 2.15. The summed E-state index contributed by atoms with van der Waals surface area (Å²) in [6, 6.07) is 2.99. The fourth-order valence-corrected chi connectivity index (χ4v) is 2.91. The first-order chi connectivity index (χ1) is 11.2. The summed E-state index contributed by atoms with van der Waals surface area (Å²) >= 11 is 0. The molecule has 1 saturated heterocycles. The van der Waals surface area contributed by atoms with E-state index in [0.29, 0.717) is 0 Å². The van der Waals surface area contributed by atoms with Gasteiger partial charge in [-0.25, -0.2) is 0 Å². The number of ether oxygens (including phenoxy) is 2. The number of carbonyl (C=O) groups excluding carboxylic acids is 1. The molecule has 0 aliphatic carbocycles. The molecule has 1 fully saturated rings. The lowest BCUT2D eigenvalue weighted by Crippen LogP contribution is -2.67. The van der Waals surface area contributed by atoms with E-state index in [9.17, 15) is 28.1 Å². The average Bonchev–Trinajstić information content (AvgIpc) is 2.54. The maximum absolute atomic E-state index is 13.8. The van der Waals surface area contributed by atoms with Crippen molar-refractivity contribution in [3.05, 3.63) is 33.9 Å². The summed E-state index contributed by atoms with van der Waals surface area (Å²) in [5, 5.41) is 10.8. The van der Waals surface area contributed by atoms with Crippen molar-refractivity contribution in [2.45, 2.75) is 18.3 Å². The Hall–Kier alpha value is -2.20. The SMILES string of the molecule is O=C1C[C@@](N2CCOCC2)(C(F)(F)F)Oc2ccc([N+](=O)[O-])cc21. The molecule has 2 heterocycles. The molecule has 1 atom stereocenters. The molecule has 0 saturated carbocycles. The van der Waals surface area contributed by atoms with Gasteiger partial charge in [-0.3, -0.25) is 19.8 Å². The number of carbonyl (C=O) groups is 1. The van der Waals surface area contributed by atoms with Gasteiger partial charge in [-0.05, 0) is 6.07 Å². The van der Waals surface area contributed by atoms with Gasteiger partial charge in [0.05, 0.1) is 30.1 Å². The first-order valence-corrected chi connectivity index (χ1v) is 7.15. The molecule has 0 unspecified atom stereocenters. The average molecular weight is 346 g/mol. The highest BCUT2D eigenvalue weighted by Crippen LogP contribution is 2.46. The summed E-state index contributed by atoms with van der Waals surface area (Å²) in [7, 11) is 0. The molecule has 2 aliphatic heterocycles. The van der Waals surface area contributed by atoms with Crippen LogP contribution in [0.5, 0.6) is 5.75 Å². The summed E-state index contributed by atoms with van der Waals surface area (Å²) in [5.74, 6) is -1.15. The minimum absolute atomic E-state index is 0.0326. The van der Waals surface area contributed by atoms with E-state index in [0.717, 1.165) is 23.1 Å². The minimum atomic E-state index is -4.82. The van der Waals surface area contributed by atoms with E-state index in [4.69, 9.17) is 9.47 Å². The number of ketones is 1. The molecule has 0 N–H and O–H groups in total. The number of rotatable bonds is 2. The standard InChI is InChI=1S/C14H13F3N2O5/c15-14(16,17)13(18-3-5-23-6-4-18)8-11(20)10-7-9(19(21)22)1-2-12(10)24-13/h1-2,7H,3-6,8H2/t13-/m0/s1. The molecule has 0 spiro atoms. The van der Waals surface area contributed by atoms with Crippen molar-refractivity contribution < 1.29 is 32.4 Å². The van der Waals surface area contributed by atoms with Crippen molar-refractivity contribution in [1.82, 2.24) is 4.90 Å². The van der Waals surface area contributed by atoms with Crippen LogP contribution in [0.4, 0.5) is 18.9 Å². The first kappa shape index (κ1) is 16.7. The molecule has 3 rings (SSSR count). The van der Waals surface area contributed by atoms with Gasteiger partial charge in [0.1, 0.15) is 5.75 Å². The van der Waals surface area contributed by atoms with Gasteiger partial charge in [-0.1, -0.05) is 0 Å². The van der Waals surface area contributed by atoms with Crippen molar-refractivity contribution in [2.75, 3.05) is 26.3 Å². The molecule has 0 amide bonds. The van der Waals surface area contributed by atoms with Crippen molar-refractivity contribution >= 4 is 11.5 Å². The molecule has 0 radical (unpaired) electrons. The third kappa shape index (κ3) is 2.61. The van der Waals surface area contributed by atoms with Gasteiger partial charge < -0.3 is 9.47 Å². The van der Waals surface area contributed by atoms with E-state index in [1.807, 2.05) is 0 Å². The number of non-ortho nitro benzene ring substituents is 1. The number of benzene rings is 1. The Morgan fingerprint density at radius 3 is 2.50 bits per heavy atom. The van der Waals surface area contributed by atoms with Crippen LogP contribution in [0, 0.1) is 10.1 Å². The van der Waals surface area contributed by atoms with Crippen molar-refractivity contribution in [3.63, 3.8) is 0 Å². The summed E-state index contributed by atoms with van der Waals surface area (Å²) in [6.07, 6.45) is -5.77. The number of Topliss-reactive ketones (excluding diaryl/α,β-unsaturated/α-hetero) is 1. The van der Waals surface area contributed by atoms with Gasteiger partial charge in [-0.2, -0.15) is 13.2 Å². The Morgan fingerprint density at radius 2 is 1.92 bits per heavy atom. The maximum atomic E-state index is 13.8. The van der Waals surface area contributed by atoms with E-state index in [-0.39, 0.29) is 43.3 Å². The van der Waals surface area contributed by atoms with Gasteiger partial charge in [0.2, 0.25) is 0 Å². The Kier molecular flexibility index (Phi) is 3.96. The molecule has 1 aromatic rings. The third-order valence-electron chi connectivity index (χ3n) is 4.12. The van der Waals surface area contributed by atoms with E-state index in [1.165, 1.54) is 0 Å². The van der Waals surface area contributed by atoms with Crippen LogP contribution < -0.4 is 4.74 Å². The Morgan fingerprint density at radius 1 is 1.25 bits per heavy atom. The van der Waals surface area contributed by atoms with Crippen LogP contribution in [-0.2, 0) is 4.74 Å². The number of morpholine rings is 1. The molecule has 7 nitrogen and oxygen atoms in total. The van der Waals surface area contributed by atoms with Gasteiger partial charge in [0.25, 0.3) is 11.4 Å². The molecule has 24 heavy (non-hydrogen) atoms. The normalized spacial score (nSPS) is 25.0. The first-order valence-electron chi connectivity index (χ1n) is 7.15. The fourth-order valence-electron chi connectivity index (χ4n) is 2.91. The summed E-state index contributed by atoms with van der Waals surface area (Å²) in [4.78, 5) is 23.4. The third-order valence-corrected chi connectivity index (χ3v) is 4.12. The van der Waals surface area contributed by atoms with Crippen LogP contribution in [0.1, 0.15) is 16.8 Å². The molecular formula is C14H13F3N2O5. The highest BCUT2D eigenvalue weighted by atomic mass is 19.4. The van der Waals surface area contributed by atoms with Crippen LogP contribution >= 0.6 is 0 Å². The second-order valence-corrected chi connectivity index (χ2v) is 5.52. The Balaban J connectivity index is 2.04. The Labute approximate surface area is 134 Å². The molecule has 2 aliphatic rings. The zero-order valence-electron chi connectivity index (χ0n) is 12.3. The van der Waals surface area contributed by atoms with E-state index in [1.54, 1.807) is 0 Å². The number of hydrogen-bond donors (Lipinski definition) is 0. The topological polar surface area (TPSA) is 81.9 Å². The molecule has 130 valence electrons. The Bertz CT molecular complexity index is 687. The van der Waals surface area contributed by atoms with E-state index < -0.39 is 29.0 Å². The van der Waals surface area contributed by atoms with Crippen LogP contribution in [0.15, 0.2) is 18.2 Å². The van der Waals surface area contributed by atoms with Crippen LogP contribution in [0.2, 0.25) is 0 Å². The quantitative estimate of drug-likeness (QED) is 0.603. The second kappa shape index (κ2) is 5.71. The van der Waals surface area contributed by atoms with Gasteiger partial charge in [0, 0.05) is 25.2 Å². The summed E-state index contributed by atoms with van der Waals surface area (Å²) in [5.41, 5.74) is -3.37. The maximum Gasteiger partial charge on any atom is 0.443 e. The highest BCUT2D eigenvalue weighted by Gasteiger charge is 2.64. The second-order valence-electron chi connectivity index (χ2n) is 5.52. The molecule has 0 bridgehead atoms. The smallest absolute Gasteiger partial charge is 0.443 e. The number of alkyl halides is 3. The molecule has 10 heteroatoms. The molecule has 1 aromatic carbocycles. The number of nitro groups is 1. The highest BCUT2D eigenvalue weighted by molar-refractivity contribution is 6.01. The van der Waals surface area contributed by atoms with Gasteiger partial charge >= 0.3 is 6.18 Å². The van der Waals surface area contributed by atoms with Crippen molar-refractivity contribution in [1.29, 1.82) is 0 Å². The van der Waals surface area contributed by atoms with Gasteiger partial charge in [-0.15, -0.1) is 0 Å². The van der Waals surface area contributed by atoms with E-state index in [2.05, 4.69) is 0 Å². The number of halogens is 3. The number of hydrogen-bond acceptors (Lipinski definition) is 6. The minimum Gasteiger partial charge on any atom is -0.462 e. The van der Waals surface area contributed by atoms with Crippen molar-refractivity contribution in [3.8, 4) is 5.75 Å². The van der Waals surface area contributed by atoms with Crippen LogP contribution in [0.25, 0.3) is 0 Å². The van der Waals surface area contributed by atoms with Crippen LogP contribution in [0.3, 0.4) is 0 Å². The zero-order chi connectivity index (χ0) is 17.5. The molecule has 0 aromatic heterocycles. The zero-order valence-corrected chi connectivity index (χ0v) is 12.3. The molecular weight excluding hydrogens is 333 g/mol. The van der Waals surface area contributed by atoms with Gasteiger partial charge in [0.15, 0.2) is 5.78 Å². The number of nitrogens with zero attached hydrogens (tertiary/aromatic N) is 2. The summed E-state index contributed by atoms with van der Waals surface area (Å²) in [6.45, 7) is 0.134.